The van der Waals surface area contributed by atoms with Gasteiger partial charge in [0.1, 0.15) is 18.1 Å². The molecule has 0 aliphatic rings. The summed E-state index contributed by atoms with van der Waals surface area (Å²) >= 11 is 0. The zero-order chi connectivity index (χ0) is 30.0. The Kier molecular flexibility index (Phi) is 11.6. The zero-order valence-electron chi connectivity index (χ0n) is 22.4. The predicted molar refractivity (Wildman–Crippen MR) is 145 cm³/mol. The lowest BCUT2D eigenvalue weighted by Gasteiger charge is -2.28. The first-order valence-corrected chi connectivity index (χ1v) is 12.8. The fraction of sp³-hybridized carbons (Fsp3) is 0.462. The number of rotatable bonds is 16. The molecule has 0 spiro atoms. The molecule has 5 unspecified atom stereocenters. The van der Waals surface area contributed by atoms with Crippen LogP contribution in [0.1, 0.15) is 45.1 Å². The van der Waals surface area contributed by atoms with Gasteiger partial charge in [0.25, 0.3) is 0 Å². The minimum absolute atomic E-state index is 0.0217. The molecular formula is C26H37N7O7. The van der Waals surface area contributed by atoms with Gasteiger partial charge in [0.2, 0.25) is 29.5 Å². The van der Waals surface area contributed by atoms with Crippen LogP contribution in [0.4, 0.5) is 0 Å². The fourth-order valence-electron chi connectivity index (χ4n) is 4.08. The van der Waals surface area contributed by atoms with E-state index in [0.29, 0.717) is 12.0 Å². The average molecular weight is 560 g/mol. The summed E-state index contributed by atoms with van der Waals surface area (Å²) in [6.07, 6.45) is 1.19. The number of carbonyl (C=O) groups excluding carboxylic acids is 5. The molecule has 0 bridgehead atoms. The standard InChI is InChI=1S/C26H37N7O7/c1-3-13(2)22(33-23(36)16(27)11-21(29)35)25(38)32-19(10-14-12-30-17-7-5-4-6-15(14)17)24(37)31-18(26(39)40)8-9-20(28)34/h4-7,12-13,16,18-19,22,30H,3,8-11,27H2,1-2H3,(H2,28,34)(H2,29,35)(H,31,37)(H,32,38)(H,33,36)(H,39,40). The lowest BCUT2D eigenvalue weighted by Crippen LogP contribution is -2.59. The Labute approximate surface area is 230 Å². The van der Waals surface area contributed by atoms with Gasteiger partial charge in [-0.25, -0.2) is 4.79 Å². The van der Waals surface area contributed by atoms with E-state index in [1.165, 1.54) is 0 Å². The van der Waals surface area contributed by atoms with E-state index in [1.54, 1.807) is 26.1 Å². The number of fused-ring (bicyclic) bond motifs is 1. The van der Waals surface area contributed by atoms with Crippen LogP contribution >= 0.6 is 0 Å². The van der Waals surface area contributed by atoms with Crippen LogP contribution in [0.5, 0.6) is 0 Å². The lowest BCUT2D eigenvalue weighted by atomic mass is 9.96. The van der Waals surface area contributed by atoms with Crippen molar-refractivity contribution in [3.05, 3.63) is 36.0 Å². The van der Waals surface area contributed by atoms with E-state index < -0.39 is 72.0 Å². The van der Waals surface area contributed by atoms with E-state index in [1.807, 2.05) is 18.2 Å². The van der Waals surface area contributed by atoms with Crippen molar-refractivity contribution in [2.45, 2.75) is 70.1 Å². The number of carboxylic acid groups (broad SMARTS) is 1. The molecular weight excluding hydrogens is 522 g/mol. The monoisotopic (exact) mass is 559 g/mol. The highest BCUT2D eigenvalue weighted by molar-refractivity contribution is 5.95. The number of amides is 5. The molecule has 5 atom stereocenters. The molecule has 2 rings (SSSR count). The average Bonchev–Trinajstić information content (AvgIpc) is 3.30. The van der Waals surface area contributed by atoms with E-state index in [4.69, 9.17) is 17.2 Å². The molecule has 0 saturated carbocycles. The Morgan fingerprint density at radius 2 is 1.57 bits per heavy atom. The molecule has 11 N–H and O–H groups in total. The quantitative estimate of drug-likeness (QED) is 0.123. The Bertz CT molecular complexity index is 1240. The molecule has 14 heteroatoms. The molecule has 1 aromatic carbocycles. The van der Waals surface area contributed by atoms with E-state index >= 15 is 0 Å². The largest absolute Gasteiger partial charge is 0.480 e. The van der Waals surface area contributed by atoms with Crippen LogP contribution in [-0.2, 0) is 35.2 Å². The number of benzene rings is 1. The Hall–Kier alpha value is -4.46. The Morgan fingerprint density at radius 1 is 0.925 bits per heavy atom. The van der Waals surface area contributed by atoms with Crippen molar-refractivity contribution in [3.63, 3.8) is 0 Å². The Morgan fingerprint density at radius 3 is 2.17 bits per heavy atom. The van der Waals surface area contributed by atoms with Crippen molar-refractivity contribution < 1.29 is 33.9 Å². The summed E-state index contributed by atoms with van der Waals surface area (Å²) in [5, 5.41) is 17.9. The number of aliphatic carboxylic acids is 1. The van der Waals surface area contributed by atoms with Crippen molar-refractivity contribution in [2.24, 2.45) is 23.1 Å². The predicted octanol–water partition coefficient (Wildman–Crippen LogP) is -1.24. The fourth-order valence-corrected chi connectivity index (χ4v) is 4.08. The number of H-pyrrole nitrogens is 1. The molecule has 5 amide bonds. The third kappa shape index (κ3) is 9.08. The molecule has 218 valence electrons. The van der Waals surface area contributed by atoms with Crippen LogP contribution in [0.25, 0.3) is 10.9 Å². The summed E-state index contributed by atoms with van der Waals surface area (Å²) in [5.41, 5.74) is 17.4. The number of carboxylic acids is 1. The number of nitrogens with one attached hydrogen (secondary N) is 4. The third-order valence-electron chi connectivity index (χ3n) is 6.58. The maximum Gasteiger partial charge on any atom is 0.326 e. The highest BCUT2D eigenvalue weighted by Crippen LogP contribution is 2.20. The third-order valence-corrected chi connectivity index (χ3v) is 6.58. The highest BCUT2D eigenvalue weighted by Gasteiger charge is 2.33. The van der Waals surface area contributed by atoms with Crippen molar-refractivity contribution in [1.29, 1.82) is 0 Å². The van der Waals surface area contributed by atoms with Crippen LogP contribution in [-0.4, -0.2) is 69.8 Å². The number of hydrogen-bond donors (Lipinski definition) is 8. The molecule has 1 aromatic heterocycles. The van der Waals surface area contributed by atoms with Crippen LogP contribution in [0.2, 0.25) is 0 Å². The van der Waals surface area contributed by atoms with E-state index in [0.717, 1.165) is 10.9 Å². The summed E-state index contributed by atoms with van der Waals surface area (Å²) in [4.78, 5) is 76.5. The van der Waals surface area contributed by atoms with Crippen LogP contribution < -0.4 is 33.2 Å². The second-order valence-corrected chi connectivity index (χ2v) is 9.68. The second-order valence-electron chi connectivity index (χ2n) is 9.68. The lowest BCUT2D eigenvalue weighted by molar-refractivity contribution is -0.142. The number of primary amides is 2. The number of aromatic amines is 1. The van der Waals surface area contributed by atoms with Gasteiger partial charge in [0, 0.05) is 29.9 Å². The molecule has 2 aromatic rings. The van der Waals surface area contributed by atoms with Gasteiger partial charge in [-0.3, -0.25) is 24.0 Å². The normalized spacial score (nSPS) is 14.8. The molecule has 0 saturated heterocycles. The molecule has 0 aliphatic carbocycles. The number of carbonyl (C=O) groups is 6. The number of hydrogen-bond acceptors (Lipinski definition) is 7. The first kappa shape index (κ1) is 31.8. The molecule has 14 nitrogen and oxygen atoms in total. The van der Waals surface area contributed by atoms with Gasteiger partial charge in [0.05, 0.1) is 12.5 Å². The maximum absolute atomic E-state index is 13.4. The van der Waals surface area contributed by atoms with Gasteiger partial charge in [-0.1, -0.05) is 38.5 Å². The minimum atomic E-state index is -1.43. The van der Waals surface area contributed by atoms with Crippen LogP contribution in [0, 0.1) is 5.92 Å². The van der Waals surface area contributed by atoms with Crippen molar-refractivity contribution in [3.8, 4) is 0 Å². The SMILES string of the molecule is CCC(C)C(NC(=O)C(N)CC(N)=O)C(=O)NC(Cc1c[nH]c2ccccc12)C(=O)NC(CCC(N)=O)C(=O)O. The topological polar surface area (TPSA) is 253 Å². The van der Waals surface area contributed by atoms with E-state index in [-0.39, 0.29) is 19.3 Å². The summed E-state index contributed by atoms with van der Waals surface area (Å²) in [6.45, 7) is 3.51. The highest BCUT2D eigenvalue weighted by atomic mass is 16.4. The smallest absolute Gasteiger partial charge is 0.326 e. The summed E-state index contributed by atoms with van der Waals surface area (Å²) < 4.78 is 0. The van der Waals surface area contributed by atoms with Gasteiger partial charge >= 0.3 is 5.97 Å². The molecule has 40 heavy (non-hydrogen) atoms. The number of nitrogens with two attached hydrogens (primary N) is 3. The first-order chi connectivity index (χ1) is 18.8. The minimum Gasteiger partial charge on any atom is -0.480 e. The Balaban J connectivity index is 2.34. The molecule has 0 aliphatic heterocycles. The molecule has 1 heterocycles. The number of para-hydroxylation sites is 1. The van der Waals surface area contributed by atoms with Crippen LogP contribution in [0.3, 0.4) is 0 Å². The van der Waals surface area contributed by atoms with Gasteiger partial charge < -0.3 is 43.2 Å². The summed E-state index contributed by atoms with van der Waals surface area (Å²) in [5.74, 6) is -5.58. The van der Waals surface area contributed by atoms with Gasteiger partial charge in [-0.05, 0) is 24.0 Å². The first-order valence-electron chi connectivity index (χ1n) is 12.8. The molecule has 0 fully saturated rings. The van der Waals surface area contributed by atoms with Crippen molar-refractivity contribution in [1.82, 2.24) is 20.9 Å². The molecule has 0 radical (unpaired) electrons. The van der Waals surface area contributed by atoms with Gasteiger partial charge in [-0.15, -0.1) is 0 Å². The van der Waals surface area contributed by atoms with Crippen molar-refractivity contribution in [2.75, 3.05) is 0 Å². The van der Waals surface area contributed by atoms with E-state index in [9.17, 15) is 33.9 Å². The van der Waals surface area contributed by atoms with Gasteiger partial charge in [-0.2, -0.15) is 0 Å². The van der Waals surface area contributed by atoms with Gasteiger partial charge in [0.15, 0.2) is 0 Å². The number of aromatic nitrogens is 1. The second kappa shape index (κ2) is 14.6. The van der Waals surface area contributed by atoms with Crippen molar-refractivity contribution >= 4 is 46.4 Å². The summed E-state index contributed by atoms with van der Waals surface area (Å²) in [7, 11) is 0. The zero-order valence-corrected chi connectivity index (χ0v) is 22.4. The van der Waals surface area contributed by atoms with E-state index in [2.05, 4.69) is 20.9 Å². The van der Waals surface area contributed by atoms with Crippen LogP contribution in [0.15, 0.2) is 30.5 Å². The summed E-state index contributed by atoms with van der Waals surface area (Å²) in [6, 6.07) is 2.20. The maximum atomic E-state index is 13.4.